The molecule has 1 saturated carbocycles. The van der Waals surface area contributed by atoms with E-state index in [4.69, 9.17) is 14.6 Å². The molecule has 3 N–H and O–H groups in total. The highest BCUT2D eigenvalue weighted by atomic mass is 16.7. The Balaban J connectivity index is 1.54. The SMILES string of the molecule is O=C(NCC1(CO)CC1)C(=O)Nc1ccc2c(c1)OCO2. The molecule has 1 aromatic carbocycles. The molecule has 7 heteroatoms. The number of fused-ring (bicyclic) bond motifs is 1. The minimum Gasteiger partial charge on any atom is -0.454 e. The fraction of sp³-hybridized carbons (Fsp3) is 0.429. The number of carbonyl (C=O) groups is 2. The number of hydrogen-bond donors (Lipinski definition) is 3. The summed E-state index contributed by atoms with van der Waals surface area (Å²) in [5.41, 5.74) is 0.233. The molecule has 1 aliphatic heterocycles. The van der Waals surface area contributed by atoms with Gasteiger partial charge in [-0.3, -0.25) is 9.59 Å². The van der Waals surface area contributed by atoms with Crippen molar-refractivity contribution < 1.29 is 24.2 Å². The van der Waals surface area contributed by atoms with Crippen molar-refractivity contribution in [1.29, 1.82) is 0 Å². The summed E-state index contributed by atoms with van der Waals surface area (Å²) >= 11 is 0. The summed E-state index contributed by atoms with van der Waals surface area (Å²) in [4.78, 5) is 23.5. The number of nitrogens with one attached hydrogen (secondary N) is 2. The normalized spacial score (nSPS) is 17.2. The molecule has 7 nitrogen and oxygen atoms in total. The van der Waals surface area contributed by atoms with Crippen LogP contribution in [-0.2, 0) is 9.59 Å². The van der Waals surface area contributed by atoms with Gasteiger partial charge in [-0.05, 0) is 25.0 Å². The topological polar surface area (TPSA) is 96.9 Å². The Morgan fingerprint density at radius 2 is 1.95 bits per heavy atom. The van der Waals surface area contributed by atoms with Crippen molar-refractivity contribution in [1.82, 2.24) is 5.32 Å². The lowest BCUT2D eigenvalue weighted by Gasteiger charge is -2.12. The van der Waals surface area contributed by atoms with E-state index in [2.05, 4.69) is 10.6 Å². The first kappa shape index (κ1) is 13.7. The number of rotatable bonds is 4. The van der Waals surface area contributed by atoms with E-state index in [1.54, 1.807) is 18.2 Å². The second-order valence-corrected chi connectivity index (χ2v) is 5.36. The van der Waals surface area contributed by atoms with E-state index < -0.39 is 11.8 Å². The number of anilines is 1. The van der Waals surface area contributed by atoms with E-state index in [0.29, 0.717) is 23.7 Å². The van der Waals surface area contributed by atoms with E-state index in [-0.39, 0.29) is 18.8 Å². The molecule has 0 spiro atoms. The first-order chi connectivity index (χ1) is 10.1. The summed E-state index contributed by atoms with van der Waals surface area (Å²) in [6.45, 7) is 0.490. The van der Waals surface area contributed by atoms with Crippen molar-refractivity contribution in [2.75, 3.05) is 25.3 Å². The van der Waals surface area contributed by atoms with E-state index in [1.807, 2.05) is 0 Å². The summed E-state index contributed by atoms with van der Waals surface area (Å²) < 4.78 is 10.4. The van der Waals surface area contributed by atoms with Gasteiger partial charge in [-0.25, -0.2) is 0 Å². The predicted octanol–water partition coefficient (Wildman–Crippen LogP) is 0.242. The molecule has 112 valence electrons. The molecule has 0 bridgehead atoms. The summed E-state index contributed by atoms with van der Waals surface area (Å²) in [6.07, 6.45) is 1.74. The highest BCUT2D eigenvalue weighted by molar-refractivity contribution is 6.39. The van der Waals surface area contributed by atoms with E-state index in [0.717, 1.165) is 12.8 Å². The van der Waals surface area contributed by atoms with Crippen LogP contribution in [0.25, 0.3) is 0 Å². The van der Waals surface area contributed by atoms with Crippen LogP contribution in [0, 0.1) is 5.41 Å². The Morgan fingerprint density at radius 3 is 2.67 bits per heavy atom. The van der Waals surface area contributed by atoms with Crippen molar-refractivity contribution in [2.24, 2.45) is 5.41 Å². The van der Waals surface area contributed by atoms with Crippen LogP contribution in [0.4, 0.5) is 5.69 Å². The number of carbonyl (C=O) groups excluding carboxylic acids is 2. The lowest BCUT2D eigenvalue weighted by Crippen LogP contribution is -2.39. The molecule has 1 aromatic rings. The molecule has 0 aromatic heterocycles. The minimum atomic E-state index is -0.748. The van der Waals surface area contributed by atoms with Crippen LogP contribution in [-0.4, -0.2) is 36.9 Å². The van der Waals surface area contributed by atoms with Gasteiger partial charge in [0, 0.05) is 23.7 Å². The second-order valence-electron chi connectivity index (χ2n) is 5.36. The lowest BCUT2D eigenvalue weighted by atomic mass is 10.1. The summed E-state index contributed by atoms with van der Waals surface area (Å²) in [6, 6.07) is 4.90. The van der Waals surface area contributed by atoms with E-state index in [1.165, 1.54) is 0 Å². The summed E-state index contributed by atoms with van der Waals surface area (Å²) in [5, 5.41) is 14.2. The Kier molecular flexibility index (Phi) is 3.42. The Bertz CT molecular complexity index is 583. The van der Waals surface area contributed by atoms with Gasteiger partial charge in [0.25, 0.3) is 0 Å². The van der Waals surface area contributed by atoms with Crippen LogP contribution >= 0.6 is 0 Å². The number of aliphatic hydroxyl groups excluding tert-OH is 1. The molecule has 2 aliphatic rings. The van der Waals surface area contributed by atoms with Gasteiger partial charge in [0.1, 0.15) is 0 Å². The Labute approximate surface area is 121 Å². The molecule has 1 aliphatic carbocycles. The lowest BCUT2D eigenvalue weighted by molar-refractivity contribution is -0.136. The fourth-order valence-corrected chi connectivity index (χ4v) is 2.08. The molecule has 3 rings (SSSR count). The zero-order valence-electron chi connectivity index (χ0n) is 11.3. The first-order valence-electron chi connectivity index (χ1n) is 6.72. The number of hydrogen-bond acceptors (Lipinski definition) is 5. The molecule has 1 heterocycles. The monoisotopic (exact) mass is 292 g/mol. The zero-order valence-corrected chi connectivity index (χ0v) is 11.3. The predicted molar refractivity (Wildman–Crippen MR) is 73.0 cm³/mol. The average Bonchev–Trinajstić information content (AvgIpc) is 3.13. The number of benzene rings is 1. The molecule has 21 heavy (non-hydrogen) atoms. The van der Waals surface area contributed by atoms with E-state index in [9.17, 15) is 9.59 Å². The Morgan fingerprint density at radius 1 is 1.19 bits per heavy atom. The third-order valence-electron chi connectivity index (χ3n) is 3.75. The molecule has 0 atom stereocenters. The quantitative estimate of drug-likeness (QED) is 0.691. The number of amides is 2. The number of aliphatic hydroxyl groups is 1. The van der Waals surface area contributed by atoms with Gasteiger partial charge < -0.3 is 25.2 Å². The van der Waals surface area contributed by atoms with Gasteiger partial charge in [0.2, 0.25) is 6.79 Å². The van der Waals surface area contributed by atoms with Crippen LogP contribution in [0.2, 0.25) is 0 Å². The fourth-order valence-electron chi connectivity index (χ4n) is 2.08. The summed E-state index contributed by atoms with van der Waals surface area (Å²) in [7, 11) is 0. The maximum atomic E-state index is 11.8. The summed E-state index contributed by atoms with van der Waals surface area (Å²) in [5.74, 6) is -0.323. The van der Waals surface area contributed by atoms with Gasteiger partial charge in [0.05, 0.1) is 6.61 Å². The molecule has 0 radical (unpaired) electrons. The third kappa shape index (κ3) is 2.92. The van der Waals surface area contributed by atoms with Crippen molar-refractivity contribution in [3.05, 3.63) is 18.2 Å². The Hall–Kier alpha value is -2.28. The number of ether oxygens (including phenoxy) is 2. The zero-order chi connectivity index (χ0) is 14.9. The molecule has 1 fully saturated rings. The standard InChI is InChI=1S/C14H16N2O5/c17-7-14(3-4-14)6-15-12(18)13(19)16-9-1-2-10-11(5-9)21-8-20-10/h1-2,5,17H,3-4,6-8H2,(H,15,18)(H,16,19). The van der Waals surface area contributed by atoms with Crippen LogP contribution in [0.1, 0.15) is 12.8 Å². The van der Waals surface area contributed by atoms with Gasteiger partial charge in [-0.15, -0.1) is 0 Å². The third-order valence-corrected chi connectivity index (χ3v) is 3.75. The van der Waals surface area contributed by atoms with E-state index >= 15 is 0 Å². The first-order valence-corrected chi connectivity index (χ1v) is 6.72. The van der Waals surface area contributed by atoms with Crippen molar-refractivity contribution in [2.45, 2.75) is 12.8 Å². The van der Waals surface area contributed by atoms with Crippen molar-refractivity contribution >= 4 is 17.5 Å². The molecular formula is C14H16N2O5. The average molecular weight is 292 g/mol. The molecule has 0 unspecified atom stereocenters. The van der Waals surface area contributed by atoms with Gasteiger partial charge in [-0.1, -0.05) is 0 Å². The van der Waals surface area contributed by atoms with Crippen LogP contribution in [0.15, 0.2) is 18.2 Å². The highest BCUT2D eigenvalue weighted by Crippen LogP contribution is 2.44. The molecule has 0 saturated heterocycles. The highest BCUT2D eigenvalue weighted by Gasteiger charge is 2.42. The van der Waals surface area contributed by atoms with Gasteiger partial charge in [-0.2, -0.15) is 0 Å². The van der Waals surface area contributed by atoms with Gasteiger partial charge >= 0.3 is 11.8 Å². The molecule has 2 amide bonds. The molecular weight excluding hydrogens is 276 g/mol. The van der Waals surface area contributed by atoms with Gasteiger partial charge in [0.15, 0.2) is 11.5 Å². The largest absolute Gasteiger partial charge is 0.454 e. The second kappa shape index (κ2) is 5.25. The van der Waals surface area contributed by atoms with Crippen molar-refractivity contribution in [3.8, 4) is 11.5 Å². The maximum Gasteiger partial charge on any atom is 0.313 e. The maximum absolute atomic E-state index is 11.8. The smallest absolute Gasteiger partial charge is 0.313 e. The van der Waals surface area contributed by atoms with Crippen molar-refractivity contribution in [3.63, 3.8) is 0 Å². The van der Waals surface area contributed by atoms with Crippen LogP contribution in [0.5, 0.6) is 11.5 Å². The van der Waals surface area contributed by atoms with Crippen LogP contribution < -0.4 is 20.1 Å². The van der Waals surface area contributed by atoms with Crippen LogP contribution in [0.3, 0.4) is 0 Å². The minimum absolute atomic E-state index is 0.0249.